The highest BCUT2D eigenvalue weighted by Gasteiger charge is 2.45. The molecule has 0 bridgehead atoms. The van der Waals surface area contributed by atoms with E-state index in [0.29, 0.717) is 37.5 Å². The van der Waals surface area contributed by atoms with Gasteiger partial charge in [0, 0.05) is 12.8 Å². The summed E-state index contributed by atoms with van der Waals surface area (Å²) in [6, 6.07) is 0. The lowest BCUT2D eigenvalue weighted by atomic mass is 9.62. The second kappa shape index (κ2) is 10.1. The average Bonchev–Trinajstić information content (AvgIpc) is 3.12. The van der Waals surface area contributed by atoms with Gasteiger partial charge in [-0.15, -0.1) is 0 Å². The Morgan fingerprint density at radius 1 is 1.28 bits per heavy atom. The Bertz CT molecular complexity index is 861. The number of aliphatic hydroxyl groups excluding tert-OH is 2. The van der Waals surface area contributed by atoms with Gasteiger partial charge in [0.25, 0.3) is 0 Å². The van der Waals surface area contributed by atoms with Gasteiger partial charge in [-0.25, -0.2) is 0 Å². The topological polar surface area (TPSA) is 60.7 Å². The normalized spacial score (nSPS) is 34.2. The minimum absolute atomic E-state index is 0.165. The Labute approximate surface area is 195 Å². The number of rotatable bonds is 5. The zero-order valence-corrected chi connectivity index (χ0v) is 20.5. The average molecular weight is 439 g/mol. The van der Waals surface area contributed by atoms with E-state index in [4.69, 9.17) is 0 Å². The van der Waals surface area contributed by atoms with Crippen molar-refractivity contribution in [3.8, 4) is 11.8 Å². The molecule has 3 aliphatic carbocycles. The maximum Gasteiger partial charge on any atom is 0.125 e. The first-order chi connectivity index (χ1) is 15.1. The zero-order valence-electron chi connectivity index (χ0n) is 20.5. The van der Waals surface area contributed by atoms with Gasteiger partial charge in [0.05, 0.1) is 12.2 Å². The molecule has 0 saturated heterocycles. The second-order valence-electron chi connectivity index (χ2n) is 10.4. The van der Waals surface area contributed by atoms with E-state index in [1.54, 1.807) is 0 Å². The van der Waals surface area contributed by atoms with Crippen LogP contribution in [0.5, 0.6) is 0 Å². The van der Waals surface area contributed by atoms with Crippen molar-refractivity contribution in [1.82, 2.24) is 0 Å². The number of aliphatic hydroxyl groups is 3. The molecule has 176 valence electrons. The molecule has 5 atom stereocenters. The van der Waals surface area contributed by atoms with Crippen LogP contribution in [0.25, 0.3) is 0 Å². The lowest BCUT2D eigenvalue weighted by Gasteiger charge is -2.42. The highest BCUT2D eigenvalue weighted by atomic mass is 16.3. The van der Waals surface area contributed by atoms with E-state index in [1.165, 1.54) is 24.0 Å². The molecule has 0 amide bonds. The Morgan fingerprint density at radius 2 is 2.00 bits per heavy atom. The summed E-state index contributed by atoms with van der Waals surface area (Å²) in [6.07, 6.45) is 13.3. The van der Waals surface area contributed by atoms with Crippen molar-refractivity contribution in [3.05, 3.63) is 47.1 Å². The van der Waals surface area contributed by atoms with E-state index in [-0.39, 0.29) is 5.41 Å². The molecule has 0 radical (unpaired) electrons. The van der Waals surface area contributed by atoms with Crippen molar-refractivity contribution in [2.45, 2.75) is 103 Å². The fourth-order valence-electron chi connectivity index (χ4n) is 5.99. The van der Waals surface area contributed by atoms with Crippen LogP contribution in [0.3, 0.4) is 0 Å². The molecule has 0 heterocycles. The third-order valence-corrected chi connectivity index (χ3v) is 8.31. The van der Waals surface area contributed by atoms with Crippen LogP contribution in [0.15, 0.2) is 47.1 Å². The molecule has 0 spiro atoms. The first-order valence-corrected chi connectivity index (χ1v) is 12.5. The summed E-state index contributed by atoms with van der Waals surface area (Å²) in [5, 5.41) is 30.6. The smallest absolute Gasteiger partial charge is 0.125 e. The van der Waals surface area contributed by atoms with Gasteiger partial charge < -0.3 is 15.3 Å². The van der Waals surface area contributed by atoms with Crippen LogP contribution in [0.4, 0.5) is 0 Å². The lowest BCUT2D eigenvalue weighted by Crippen LogP contribution is -2.32. The summed E-state index contributed by atoms with van der Waals surface area (Å²) >= 11 is 0. The Hall–Kier alpha value is -1.60. The standard InChI is InChI=1S/C29H42O3/c1-6-29(32,7-2)17-8-10-20(3)25-14-15-26-22(11-9-16-28(25,26)5)12-13-23-18-24(30)19-27(31)21(23)4/h12-14,20,24,26-27,30-32H,4,6-7,9-11,15-16,18-19H2,1-3,5H3/b22-12+,23-13-/t20-,24-,26+,27+,28-/m1/s1. The van der Waals surface area contributed by atoms with Crippen molar-refractivity contribution in [1.29, 1.82) is 0 Å². The van der Waals surface area contributed by atoms with Crippen LogP contribution >= 0.6 is 0 Å². The molecule has 2 saturated carbocycles. The molecule has 3 N–H and O–H groups in total. The van der Waals surface area contributed by atoms with Crippen LogP contribution in [0, 0.1) is 29.1 Å². The predicted molar refractivity (Wildman–Crippen MR) is 132 cm³/mol. The molecule has 3 heteroatoms. The van der Waals surface area contributed by atoms with Crippen LogP contribution < -0.4 is 0 Å². The van der Waals surface area contributed by atoms with Gasteiger partial charge in [0.2, 0.25) is 0 Å². The first kappa shape index (κ1) is 25.0. The van der Waals surface area contributed by atoms with E-state index in [9.17, 15) is 15.3 Å². The van der Waals surface area contributed by atoms with Gasteiger partial charge in [-0.3, -0.25) is 0 Å². The fraction of sp³-hybridized carbons (Fsp3) is 0.655. The summed E-state index contributed by atoms with van der Waals surface area (Å²) < 4.78 is 0. The molecule has 0 unspecified atom stereocenters. The number of hydrogen-bond donors (Lipinski definition) is 3. The third-order valence-electron chi connectivity index (χ3n) is 8.31. The van der Waals surface area contributed by atoms with Crippen LogP contribution in [0.2, 0.25) is 0 Å². The minimum atomic E-state index is -0.852. The van der Waals surface area contributed by atoms with E-state index >= 15 is 0 Å². The maximum absolute atomic E-state index is 10.5. The Morgan fingerprint density at radius 3 is 2.69 bits per heavy atom. The zero-order chi connectivity index (χ0) is 23.5. The van der Waals surface area contributed by atoms with E-state index in [2.05, 4.69) is 50.5 Å². The molecule has 32 heavy (non-hydrogen) atoms. The second-order valence-corrected chi connectivity index (χ2v) is 10.4. The summed E-state index contributed by atoms with van der Waals surface area (Å²) in [5.74, 6) is 7.30. The van der Waals surface area contributed by atoms with Crippen LogP contribution in [-0.2, 0) is 0 Å². The van der Waals surface area contributed by atoms with Crippen molar-refractivity contribution in [2.75, 3.05) is 0 Å². The summed E-state index contributed by atoms with van der Waals surface area (Å²) in [4.78, 5) is 0. The van der Waals surface area contributed by atoms with Gasteiger partial charge >= 0.3 is 0 Å². The molecule has 3 rings (SSSR count). The van der Waals surface area contributed by atoms with Crippen LogP contribution in [0.1, 0.15) is 85.5 Å². The summed E-state index contributed by atoms with van der Waals surface area (Å²) in [5.41, 5.74) is 4.05. The van der Waals surface area contributed by atoms with Crippen molar-refractivity contribution >= 4 is 0 Å². The number of hydrogen-bond acceptors (Lipinski definition) is 3. The Balaban J connectivity index is 1.74. The van der Waals surface area contributed by atoms with Gasteiger partial charge in [-0.2, -0.15) is 0 Å². The van der Waals surface area contributed by atoms with Crippen LogP contribution in [-0.4, -0.2) is 33.1 Å². The molecule has 3 nitrogen and oxygen atoms in total. The van der Waals surface area contributed by atoms with Crippen molar-refractivity contribution in [2.24, 2.45) is 17.3 Å². The molecule has 0 aromatic carbocycles. The Kier molecular flexibility index (Phi) is 7.92. The summed E-state index contributed by atoms with van der Waals surface area (Å²) in [7, 11) is 0. The number of allylic oxidation sites excluding steroid dienone is 5. The predicted octanol–water partition coefficient (Wildman–Crippen LogP) is 5.63. The lowest BCUT2D eigenvalue weighted by molar-refractivity contribution is 0.0862. The maximum atomic E-state index is 10.5. The van der Waals surface area contributed by atoms with Crippen molar-refractivity contribution < 1.29 is 15.3 Å². The SMILES string of the molecule is C=C1/C(=C\C=C2/CCC[C@]3(C)C([C@H](C)CC#CC(O)(CC)CC)=CC[C@@H]23)C[C@@H](O)C[C@@H]1O. The molecule has 2 fully saturated rings. The molecule has 3 aliphatic rings. The van der Waals surface area contributed by atoms with Gasteiger partial charge in [0.15, 0.2) is 0 Å². The minimum Gasteiger partial charge on any atom is -0.393 e. The molecular formula is C29H42O3. The quantitative estimate of drug-likeness (QED) is 0.385. The number of fused-ring (bicyclic) bond motifs is 1. The first-order valence-electron chi connectivity index (χ1n) is 12.5. The van der Waals surface area contributed by atoms with E-state index < -0.39 is 17.8 Å². The molecule has 0 aromatic heterocycles. The van der Waals surface area contributed by atoms with Gasteiger partial charge in [-0.05, 0) is 73.3 Å². The summed E-state index contributed by atoms with van der Waals surface area (Å²) in [6.45, 7) is 12.7. The molecule has 0 aromatic rings. The van der Waals surface area contributed by atoms with Crippen molar-refractivity contribution in [3.63, 3.8) is 0 Å². The highest BCUT2D eigenvalue weighted by molar-refractivity contribution is 5.40. The fourth-order valence-corrected chi connectivity index (χ4v) is 5.99. The molecule has 0 aliphatic heterocycles. The third kappa shape index (κ3) is 5.14. The van der Waals surface area contributed by atoms with Gasteiger partial charge in [0.1, 0.15) is 5.60 Å². The monoisotopic (exact) mass is 438 g/mol. The van der Waals surface area contributed by atoms with E-state index in [0.717, 1.165) is 30.4 Å². The van der Waals surface area contributed by atoms with Gasteiger partial charge in [-0.1, -0.05) is 75.5 Å². The molecular weight excluding hydrogens is 396 g/mol. The highest BCUT2D eigenvalue weighted by Crippen LogP contribution is 2.56. The largest absolute Gasteiger partial charge is 0.393 e. The van der Waals surface area contributed by atoms with E-state index in [1.807, 2.05) is 13.8 Å².